The second kappa shape index (κ2) is 6.54. The summed E-state index contributed by atoms with van der Waals surface area (Å²) in [5, 5.41) is 9.84. The van der Waals surface area contributed by atoms with Gasteiger partial charge in [0.1, 0.15) is 0 Å². The molecule has 67 valence electrons. The van der Waals surface area contributed by atoms with Gasteiger partial charge in [0, 0.05) is 0 Å². The van der Waals surface area contributed by atoms with Crippen molar-refractivity contribution in [2.45, 2.75) is 12.5 Å². The molecule has 1 atom stereocenters. The second-order valence-corrected chi connectivity index (χ2v) is 2.15. The van der Waals surface area contributed by atoms with E-state index in [1.54, 1.807) is 6.08 Å². The van der Waals surface area contributed by atoms with Crippen molar-refractivity contribution >= 4 is 0 Å². The fraction of sp³-hybridized carbons (Fsp3) is 0.375. The number of rotatable bonds is 6. The number of nitro groups is 1. The molecule has 0 saturated carbocycles. The van der Waals surface area contributed by atoms with Crippen LogP contribution >= 0.6 is 0 Å². The van der Waals surface area contributed by atoms with Gasteiger partial charge in [0.2, 0.25) is 6.20 Å². The van der Waals surface area contributed by atoms with Crippen LogP contribution in [0.1, 0.15) is 6.42 Å². The van der Waals surface area contributed by atoms with Crippen LogP contribution in [0.3, 0.4) is 0 Å². The van der Waals surface area contributed by atoms with Gasteiger partial charge >= 0.3 is 0 Å². The van der Waals surface area contributed by atoms with Gasteiger partial charge in [-0.2, -0.15) is 0 Å². The van der Waals surface area contributed by atoms with E-state index in [1.165, 1.54) is 6.08 Å². The number of nitrogens with zero attached hydrogens (tertiary/aromatic N) is 1. The Morgan fingerprint density at radius 1 is 1.67 bits per heavy atom. The molecule has 0 saturated heterocycles. The van der Waals surface area contributed by atoms with Crippen molar-refractivity contribution in [3.63, 3.8) is 0 Å². The summed E-state index contributed by atoms with van der Waals surface area (Å²) in [7, 11) is 0. The number of hydrogen-bond donors (Lipinski definition) is 0. The predicted octanol–water partition coefficient (Wildman–Crippen LogP) is 1.57. The van der Waals surface area contributed by atoms with Gasteiger partial charge in [-0.15, -0.1) is 6.58 Å². The summed E-state index contributed by atoms with van der Waals surface area (Å²) in [5.41, 5.74) is 0. The molecule has 0 aliphatic carbocycles. The summed E-state index contributed by atoms with van der Waals surface area (Å²) in [6, 6.07) is 0. The summed E-state index contributed by atoms with van der Waals surface area (Å²) in [5.74, 6) is 0. The Kier molecular flexibility index (Phi) is 5.91. The van der Waals surface area contributed by atoms with Crippen molar-refractivity contribution in [2.75, 3.05) is 6.61 Å². The molecule has 0 amide bonds. The largest absolute Gasteiger partial charge is 0.374 e. The quantitative estimate of drug-likeness (QED) is 0.345. The van der Waals surface area contributed by atoms with Crippen molar-refractivity contribution in [1.29, 1.82) is 0 Å². The zero-order valence-electron chi connectivity index (χ0n) is 6.81. The van der Waals surface area contributed by atoms with E-state index in [2.05, 4.69) is 13.5 Å². The van der Waals surface area contributed by atoms with E-state index in [-0.39, 0.29) is 6.10 Å². The van der Waals surface area contributed by atoms with E-state index in [1.807, 2.05) is 0 Å². The lowest BCUT2D eigenvalue weighted by atomic mass is 10.3. The first-order valence-corrected chi connectivity index (χ1v) is 3.52. The molecular formula is C8H12NO3. The minimum Gasteiger partial charge on any atom is -0.374 e. The molecule has 0 fully saturated rings. The average molecular weight is 170 g/mol. The van der Waals surface area contributed by atoms with Crippen LogP contribution in [0, 0.1) is 17.0 Å². The fourth-order valence-electron chi connectivity index (χ4n) is 0.571. The fourth-order valence-corrected chi connectivity index (χ4v) is 0.571. The first kappa shape index (κ1) is 10.8. The Morgan fingerprint density at radius 3 is 2.83 bits per heavy atom. The van der Waals surface area contributed by atoms with Crippen LogP contribution in [0.25, 0.3) is 0 Å². The van der Waals surface area contributed by atoms with Gasteiger partial charge in [-0.1, -0.05) is 6.08 Å². The summed E-state index contributed by atoms with van der Waals surface area (Å²) in [6.07, 6.45) is 4.10. The third kappa shape index (κ3) is 6.95. The lowest BCUT2D eigenvalue weighted by Gasteiger charge is -2.06. The predicted molar refractivity (Wildman–Crippen MR) is 46.0 cm³/mol. The van der Waals surface area contributed by atoms with Crippen LogP contribution in [-0.4, -0.2) is 17.6 Å². The number of hydrogen-bond acceptors (Lipinski definition) is 3. The molecule has 4 nitrogen and oxygen atoms in total. The SMILES string of the molecule is [CH2]C(CC=C[N+](=O)[O-])OCC=C. The smallest absolute Gasteiger partial charge is 0.230 e. The third-order valence-electron chi connectivity index (χ3n) is 1.08. The van der Waals surface area contributed by atoms with Crippen molar-refractivity contribution in [3.05, 3.63) is 42.0 Å². The topological polar surface area (TPSA) is 52.4 Å². The van der Waals surface area contributed by atoms with Crippen LogP contribution in [0.15, 0.2) is 24.9 Å². The van der Waals surface area contributed by atoms with Crippen molar-refractivity contribution < 1.29 is 9.66 Å². The first-order valence-electron chi connectivity index (χ1n) is 3.52. The van der Waals surface area contributed by atoms with Crippen molar-refractivity contribution in [1.82, 2.24) is 0 Å². The third-order valence-corrected chi connectivity index (χ3v) is 1.08. The van der Waals surface area contributed by atoms with E-state index in [0.717, 1.165) is 6.20 Å². The maximum atomic E-state index is 9.84. The molecular weight excluding hydrogens is 158 g/mol. The van der Waals surface area contributed by atoms with Gasteiger partial charge in [-0.05, 0) is 19.4 Å². The molecule has 0 aliphatic heterocycles. The van der Waals surface area contributed by atoms with Gasteiger partial charge < -0.3 is 4.74 Å². The van der Waals surface area contributed by atoms with Gasteiger partial charge in [0.15, 0.2) is 0 Å². The van der Waals surface area contributed by atoms with Crippen LogP contribution in [-0.2, 0) is 4.74 Å². The van der Waals surface area contributed by atoms with Gasteiger partial charge in [0.05, 0.1) is 17.6 Å². The monoisotopic (exact) mass is 170 g/mol. The summed E-state index contributed by atoms with van der Waals surface area (Å²) >= 11 is 0. The zero-order chi connectivity index (χ0) is 9.40. The molecule has 1 radical (unpaired) electrons. The molecule has 1 unspecified atom stereocenters. The molecule has 0 spiro atoms. The normalized spacial score (nSPS) is 13.1. The standard InChI is InChI=1S/C8H12NO3/c1-3-7-12-8(2)5-4-6-9(10)11/h3-4,6,8H,1-2,5,7H2. The van der Waals surface area contributed by atoms with Gasteiger partial charge in [-0.25, -0.2) is 0 Å². The summed E-state index contributed by atoms with van der Waals surface area (Å²) in [4.78, 5) is 9.32. The maximum absolute atomic E-state index is 9.84. The maximum Gasteiger partial charge on any atom is 0.230 e. The first-order chi connectivity index (χ1) is 5.66. The molecule has 4 heteroatoms. The van der Waals surface area contributed by atoms with E-state index >= 15 is 0 Å². The minimum absolute atomic E-state index is 0.251. The zero-order valence-corrected chi connectivity index (χ0v) is 6.81. The van der Waals surface area contributed by atoms with Gasteiger partial charge in [-0.3, -0.25) is 10.1 Å². The Balaban J connectivity index is 3.48. The molecule has 0 heterocycles. The van der Waals surface area contributed by atoms with Crippen LogP contribution in [0.5, 0.6) is 0 Å². The second-order valence-electron chi connectivity index (χ2n) is 2.15. The summed E-state index contributed by atoms with van der Waals surface area (Å²) in [6.45, 7) is 7.51. The van der Waals surface area contributed by atoms with E-state index < -0.39 is 4.92 Å². The molecule has 0 N–H and O–H groups in total. The number of ether oxygens (including phenoxy) is 1. The van der Waals surface area contributed by atoms with E-state index in [9.17, 15) is 10.1 Å². The molecule has 0 aromatic heterocycles. The van der Waals surface area contributed by atoms with Crippen LogP contribution in [0.2, 0.25) is 0 Å². The highest BCUT2D eigenvalue weighted by Gasteiger charge is 1.98. The van der Waals surface area contributed by atoms with Crippen molar-refractivity contribution in [2.24, 2.45) is 0 Å². The Labute approximate surface area is 71.7 Å². The highest BCUT2D eigenvalue weighted by molar-refractivity contribution is 4.79. The molecule has 0 bridgehead atoms. The highest BCUT2D eigenvalue weighted by Crippen LogP contribution is 1.97. The average Bonchev–Trinajstić information content (AvgIpc) is 2.00. The van der Waals surface area contributed by atoms with Crippen LogP contribution < -0.4 is 0 Å². The Morgan fingerprint density at radius 2 is 2.33 bits per heavy atom. The lowest BCUT2D eigenvalue weighted by Crippen LogP contribution is -2.06. The molecule has 0 aromatic carbocycles. The minimum atomic E-state index is -0.514. The highest BCUT2D eigenvalue weighted by atomic mass is 16.6. The molecule has 0 aliphatic rings. The Bertz CT molecular complexity index is 177. The lowest BCUT2D eigenvalue weighted by molar-refractivity contribution is -0.402. The molecule has 0 aromatic rings. The van der Waals surface area contributed by atoms with Crippen LogP contribution in [0.4, 0.5) is 0 Å². The molecule has 0 rings (SSSR count). The van der Waals surface area contributed by atoms with E-state index in [4.69, 9.17) is 4.74 Å². The Hall–Kier alpha value is -1.16. The van der Waals surface area contributed by atoms with Gasteiger partial charge in [0.25, 0.3) is 0 Å². The summed E-state index contributed by atoms with van der Waals surface area (Å²) < 4.78 is 5.07. The van der Waals surface area contributed by atoms with E-state index in [0.29, 0.717) is 13.0 Å². The van der Waals surface area contributed by atoms with Crippen molar-refractivity contribution in [3.8, 4) is 0 Å². The molecule has 12 heavy (non-hydrogen) atoms.